The van der Waals surface area contributed by atoms with Gasteiger partial charge in [0.1, 0.15) is 11.6 Å². The van der Waals surface area contributed by atoms with Crippen molar-refractivity contribution in [3.8, 4) is 22.5 Å². The van der Waals surface area contributed by atoms with Crippen molar-refractivity contribution in [3.05, 3.63) is 72.1 Å². The summed E-state index contributed by atoms with van der Waals surface area (Å²) in [5, 5.41) is 0. The lowest BCUT2D eigenvalue weighted by Gasteiger charge is -2.06. The summed E-state index contributed by atoms with van der Waals surface area (Å²) < 4.78 is 26.0. The maximum Gasteiger partial charge on any atom is 0.123 e. The number of rotatable bonds is 2. The molecule has 3 rings (SSSR count). The van der Waals surface area contributed by atoms with Crippen molar-refractivity contribution >= 4 is 0 Å². The van der Waals surface area contributed by atoms with E-state index >= 15 is 0 Å². The van der Waals surface area contributed by atoms with Gasteiger partial charge >= 0.3 is 0 Å². The Bertz CT molecular complexity index is 766. The standard InChI is InChI=1S/C17H12F2N2/c1-11-8-14(19)6-7-15(11)17-10-20-16(9-21-17)12-2-4-13(18)5-3-12/h2-10H,1H3. The molecule has 0 N–H and O–H groups in total. The molecular weight excluding hydrogens is 270 g/mol. The summed E-state index contributed by atoms with van der Waals surface area (Å²) in [6.45, 7) is 1.83. The Morgan fingerprint density at radius 1 is 0.762 bits per heavy atom. The van der Waals surface area contributed by atoms with Crippen LogP contribution in [0.25, 0.3) is 22.5 Å². The minimum atomic E-state index is -0.287. The summed E-state index contributed by atoms with van der Waals surface area (Å²) in [5.41, 5.74) is 3.79. The summed E-state index contributed by atoms with van der Waals surface area (Å²) in [5.74, 6) is -0.558. The smallest absolute Gasteiger partial charge is 0.123 e. The third-order valence-corrected chi connectivity index (χ3v) is 3.26. The molecule has 2 aromatic carbocycles. The lowest BCUT2D eigenvalue weighted by atomic mass is 10.1. The van der Waals surface area contributed by atoms with Gasteiger partial charge < -0.3 is 0 Å². The first kappa shape index (κ1) is 13.4. The van der Waals surface area contributed by atoms with E-state index in [1.807, 2.05) is 6.92 Å². The zero-order valence-corrected chi connectivity index (χ0v) is 11.3. The molecule has 1 heterocycles. The van der Waals surface area contributed by atoms with Gasteiger partial charge in [0.05, 0.1) is 23.8 Å². The van der Waals surface area contributed by atoms with E-state index < -0.39 is 0 Å². The van der Waals surface area contributed by atoms with Crippen LogP contribution in [0, 0.1) is 18.6 Å². The van der Waals surface area contributed by atoms with Crippen LogP contribution in [0.3, 0.4) is 0 Å². The Kier molecular flexibility index (Phi) is 3.44. The summed E-state index contributed by atoms with van der Waals surface area (Å²) in [7, 11) is 0. The maximum absolute atomic E-state index is 13.1. The predicted molar refractivity (Wildman–Crippen MR) is 77.6 cm³/mol. The Hall–Kier alpha value is -2.62. The van der Waals surface area contributed by atoms with Crippen LogP contribution < -0.4 is 0 Å². The fourth-order valence-corrected chi connectivity index (χ4v) is 2.15. The van der Waals surface area contributed by atoms with Crippen molar-refractivity contribution < 1.29 is 8.78 Å². The van der Waals surface area contributed by atoms with Crippen LogP contribution >= 0.6 is 0 Å². The average molecular weight is 282 g/mol. The number of hydrogen-bond acceptors (Lipinski definition) is 2. The van der Waals surface area contributed by atoms with Gasteiger partial charge in [-0.1, -0.05) is 0 Å². The monoisotopic (exact) mass is 282 g/mol. The molecule has 0 bridgehead atoms. The van der Waals surface area contributed by atoms with Crippen LogP contribution in [0.15, 0.2) is 54.9 Å². The molecule has 0 aliphatic rings. The SMILES string of the molecule is Cc1cc(F)ccc1-c1cnc(-c2ccc(F)cc2)cn1. The lowest BCUT2D eigenvalue weighted by molar-refractivity contribution is 0.626. The molecule has 0 radical (unpaired) electrons. The first-order chi connectivity index (χ1) is 10.1. The van der Waals surface area contributed by atoms with Crippen LogP contribution in [-0.4, -0.2) is 9.97 Å². The quantitative estimate of drug-likeness (QED) is 0.696. The van der Waals surface area contributed by atoms with Crippen molar-refractivity contribution in [2.24, 2.45) is 0 Å². The maximum atomic E-state index is 13.1. The largest absolute Gasteiger partial charge is 0.252 e. The Labute approximate surface area is 121 Å². The van der Waals surface area contributed by atoms with Crippen molar-refractivity contribution in [2.45, 2.75) is 6.92 Å². The second-order valence-electron chi connectivity index (χ2n) is 4.75. The molecule has 0 spiro atoms. The number of aryl methyl sites for hydroxylation is 1. The van der Waals surface area contributed by atoms with Gasteiger partial charge in [0, 0.05) is 11.1 Å². The molecule has 0 fully saturated rings. The Balaban J connectivity index is 1.95. The number of benzene rings is 2. The predicted octanol–water partition coefficient (Wildman–Crippen LogP) is 4.40. The lowest BCUT2D eigenvalue weighted by Crippen LogP contribution is -1.92. The number of nitrogens with zero attached hydrogens (tertiary/aromatic N) is 2. The van der Waals surface area contributed by atoms with E-state index in [0.29, 0.717) is 11.4 Å². The first-order valence-electron chi connectivity index (χ1n) is 6.48. The van der Waals surface area contributed by atoms with Gasteiger partial charge in [0.2, 0.25) is 0 Å². The third kappa shape index (κ3) is 2.79. The van der Waals surface area contributed by atoms with Crippen LogP contribution in [0.5, 0.6) is 0 Å². The highest BCUT2D eigenvalue weighted by molar-refractivity contribution is 5.65. The van der Waals surface area contributed by atoms with E-state index in [1.165, 1.54) is 24.3 Å². The topological polar surface area (TPSA) is 25.8 Å². The number of halogens is 2. The second kappa shape index (κ2) is 5.40. The van der Waals surface area contributed by atoms with Crippen molar-refractivity contribution in [1.82, 2.24) is 9.97 Å². The Morgan fingerprint density at radius 2 is 1.38 bits per heavy atom. The molecular formula is C17H12F2N2. The van der Waals surface area contributed by atoms with E-state index in [0.717, 1.165) is 16.7 Å². The summed E-state index contributed by atoms with van der Waals surface area (Å²) >= 11 is 0. The molecule has 0 aliphatic heterocycles. The average Bonchev–Trinajstić information content (AvgIpc) is 2.48. The van der Waals surface area contributed by atoms with Crippen LogP contribution in [0.4, 0.5) is 8.78 Å². The molecule has 1 aromatic heterocycles. The molecule has 0 unspecified atom stereocenters. The van der Waals surface area contributed by atoms with Gasteiger partial charge in [-0.05, 0) is 55.0 Å². The molecule has 0 saturated heterocycles. The minimum absolute atomic E-state index is 0.271. The zero-order valence-electron chi connectivity index (χ0n) is 11.3. The van der Waals surface area contributed by atoms with Crippen LogP contribution in [-0.2, 0) is 0 Å². The molecule has 3 aromatic rings. The minimum Gasteiger partial charge on any atom is -0.252 e. The zero-order chi connectivity index (χ0) is 14.8. The number of aromatic nitrogens is 2. The molecule has 2 nitrogen and oxygen atoms in total. The highest BCUT2D eigenvalue weighted by atomic mass is 19.1. The highest BCUT2D eigenvalue weighted by Gasteiger charge is 2.06. The fourth-order valence-electron chi connectivity index (χ4n) is 2.15. The molecule has 21 heavy (non-hydrogen) atoms. The molecule has 4 heteroatoms. The van der Waals surface area contributed by atoms with E-state index in [1.54, 1.807) is 30.6 Å². The van der Waals surface area contributed by atoms with E-state index in [9.17, 15) is 8.78 Å². The van der Waals surface area contributed by atoms with Gasteiger partial charge in [-0.3, -0.25) is 9.97 Å². The second-order valence-corrected chi connectivity index (χ2v) is 4.75. The third-order valence-electron chi connectivity index (χ3n) is 3.26. The first-order valence-corrected chi connectivity index (χ1v) is 6.48. The summed E-state index contributed by atoms with van der Waals surface area (Å²) in [6, 6.07) is 10.6. The summed E-state index contributed by atoms with van der Waals surface area (Å²) in [6.07, 6.45) is 3.27. The van der Waals surface area contributed by atoms with E-state index in [4.69, 9.17) is 0 Å². The molecule has 0 amide bonds. The van der Waals surface area contributed by atoms with Gasteiger partial charge in [-0.2, -0.15) is 0 Å². The van der Waals surface area contributed by atoms with Crippen LogP contribution in [0.1, 0.15) is 5.56 Å². The normalized spacial score (nSPS) is 10.6. The van der Waals surface area contributed by atoms with Crippen molar-refractivity contribution in [3.63, 3.8) is 0 Å². The van der Waals surface area contributed by atoms with Crippen molar-refractivity contribution in [1.29, 1.82) is 0 Å². The van der Waals surface area contributed by atoms with Gasteiger partial charge in [0.15, 0.2) is 0 Å². The Morgan fingerprint density at radius 3 is 2.00 bits per heavy atom. The number of hydrogen-bond donors (Lipinski definition) is 0. The molecule has 0 saturated carbocycles. The molecule has 0 aliphatic carbocycles. The summed E-state index contributed by atoms with van der Waals surface area (Å²) in [4.78, 5) is 8.70. The van der Waals surface area contributed by atoms with Crippen molar-refractivity contribution in [2.75, 3.05) is 0 Å². The van der Waals surface area contributed by atoms with Gasteiger partial charge in [-0.25, -0.2) is 8.78 Å². The fraction of sp³-hybridized carbons (Fsp3) is 0.0588. The van der Waals surface area contributed by atoms with Gasteiger partial charge in [0.25, 0.3) is 0 Å². The van der Waals surface area contributed by atoms with Gasteiger partial charge in [-0.15, -0.1) is 0 Å². The van der Waals surface area contributed by atoms with Crippen LogP contribution in [0.2, 0.25) is 0 Å². The molecule has 0 atom stereocenters. The molecule has 104 valence electrons. The van der Waals surface area contributed by atoms with E-state index in [2.05, 4.69) is 9.97 Å². The van der Waals surface area contributed by atoms with E-state index in [-0.39, 0.29) is 11.6 Å². The highest BCUT2D eigenvalue weighted by Crippen LogP contribution is 2.23.